The van der Waals surface area contributed by atoms with Crippen molar-refractivity contribution < 1.29 is 9.53 Å². The Kier molecular flexibility index (Phi) is 3.71. The fourth-order valence-electron chi connectivity index (χ4n) is 2.13. The SMILES string of the molecule is COc1c(Br)c(C(=O)Nc2cnn(CC3CC3)c2)nn1C. The number of carbonyl (C=O) groups is 1. The maximum atomic E-state index is 12.3. The van der Waals surface area contributed by atoms with E-state index in [2.05, 4.69) is 31.4 Å². The molecule has 0 bridgehead atoms. The van der Waals surface area contributed by atoms with E-state index in [9.17, 15) is 4.79 Å². The molecule has 112 valence electrons. The summed E-state index contributed by atoms with van der Waals surface area (Å²) in [6, 6.07) is 0. The zero-order chi connectivity index (χ0) is 15.0. The molecule has 2 heterocycles. The van der Waals surface area contributed by atoms with E-state index in [-0.39, 0.29) is 11.6 Å². The number of aryl methyl sites for hydroxylation is 1. The van der Waals surface area contributed by atoms with Crippen LogP contribution >= 0.6 is 15.9 Å². The molecule has 1 fully saturated rings. The van der Waals surface area contributed by atoms with E-state index in [1.54, 1.807) is 13.2 Å². The van der Waals surface area contributed by atoms with Gasteiger partial charge in [0.25, 0.3) is 5.91 Å². The second-order valence-corrected chi connectivity index (χ2v) is 5.94. The molecule has 1 aliphatic carbocycles. The lowest BCUT2D eigenvalue weighted by Gasteiger charge is -2.00. The number of carbonyl (C=O) groups excluding carboxylic acids is 1. The highest BCUT2D eigenvalue weighted by Gasteiger charge is 2.23. The van der Waals surface area contributed by atoms with Gasteiger partial charge in [-0.3, -0.25) is 9.48 Å². The predicted octanol–water partition coefficient (Wildman–Crippen LogP) is 2.05. The predicted molar refractivity (Wildman–Crippen MR) is 80.4 cm³/mol. The van der Waals surface area contributed by atoms with Crippen LogP contribution in [-0.4, -0.2) is 32.6 Å². The Hall–Kier alpha value is -1.83. The van der Waals surface area contributed by atoms with Gasteiger partial charge in [-0.25, -0.2) is 4.68 Å². The summed E-state index contributed by atoms with van der Waals surface area (Å²) in [5.41, 5.74) is 0.946. The van der Waals surface area contributed by atoms with Crippen molar-refractivity contribution in [3.8, 4) is 5.88 Å². The average molecular weight is 354 g/mol. The maximum absolute atomic E-state index is 12.3. The molecule has 0 atom stereocenters. The minimum atomic E-state index is -0.299. The summed E-state index contributed by atoms with van der Waals surface area (Å²) in [6.07, 6.45) is 6.02. The second kappa shape index (κ2) is 5.51. The fraction of sp³-hybridized carbons (Fsp3) is 0.462. The highest BCUT2D eigenvalue weighted by Crippen LogP contribution is 2.31. The van der Waals surface area contributed by atoms with Crippen molar-refractivity contribution in [1.82, 2.24) is 19.6 Å². The summed E-state index contributed by atoms with van der Waals surface area (Å²) in [5.74, 6) is 0.943. The molecule has 1 aliphatic rings. The van der Waals surface area contributed by atoms with Crippen LogP contribution in [0.1, 0.15) is 23.3 Å². The molecule has 0 spiro atoms. The largest absolute Gasteiger partial charge is 0.480 e. The molecule has 7 nitrogen and oxygen atoms in total. The summed E-state index contributed by atoms with van der Waals surface area (Å²) in [5, 5.41) is 11.2. The third-order valence-corrected chi connectivity index (χ3v) is 4.10. The van der Waals surface area contributed by atoms with Crippen molar-refractivity contribution in [2.24, 2.45) is 13.0 Å². The van der Waals surface area contributed by atoms with E-state index >= 15 is 0 Å². The van der Waals surface area contributed by atoms with E-state index in [1.165, 1.54) is 24.6 Å². The van der Waals surface area contributed by atoms with Crippen molar-refractivity contribution in [2.75, 3.05) is 12.4 Å². The Labute approximate surface area is 130 Å². The van der Waals surface area contributed by atoms with E-state index in [0.717, 1.165) is 12.5 Å². The number of rotatable bonds is 5. The van der Waals surface area contributed by atoms with E-state index < -0.39 is 0 Å². The summed E-state index contributed by atoms with van der Waals surface area (Å²) >= 11 is 3.33. The highest BCUT2D eigenvalue weighted by molar-refractivity contribution is 9.10. The van der Waals surface area contributed by atoms with Crippen LogP contribution in [0.4, 0.5) is 5.69 Å². The highest BCUT2D eigenvalue weighted by atomic mass is 79.9. The quantitative estimate of drug-likeness (QED) is 0.892. The van der Waals surface area contributed by atoms with Gasteiger partial charge >= 0.3 is 0 Å². The molecule has 0 radical (unpaired) electrons. The van der Waals surface area contributed by atoms with Gasteiger partial charge in [0, 0.05) is 19.8 Å². The molecule has 1 saturated carbocycles. The van der Waals surface area contributed by atoms with Crippen LogP contribution < -0.4 is 10.1 Å². The zero-order valence-electron chi connectivity index (χ0n) is 11.8. The molecular formula is C13H16BrN5O2. The van der Waals surface area contributed by atoms with Crippen molar-refractivity contribution in [1.29, 1.82) is 0 Å². The third kappa shape index (κ3) is 2.94. The number of ether oxygens (including phenoxy) is 1. The lowest BCUT2D eigenvalue weighted by molar-refractivity contribution is 0.102. The Balaban J connectivity index is 1.72. The standard InChI is InChI=1S/C13H16BrN5O2/c1-18-13(21-2)10(14)11(17-18)12(20)16-9-5-15-19(7-9)6-8-3-4-8/h5,7-8H,3-4,6H2,1-2H3,(H,16,20). The van der Waals surface area contributed by atoms with Crippen LogP contribution in [-0.2, 0) is 13.6 Å². The molecule has 2 aromatic heterocycles. The molecule has 8 heteroatoms. The van der Waals surface area contributed by atoms with Gasteiger partial charge in [-0.15, -0.1) is 0 Å². The summed E-state index contributed by atoms with van der Waals surface area (Å²) in [7, 11) is 3.25. The van der Waals surface area contributed by atoms with Gasteiger partial charge < -0.3 is 10.1 Å². The van der Waals surface area contributed by atoms with Gasteiger partial charge in [-0.05, 0) is 34.7 Å². The molecule has 2 aromatic rings. The first-order chi connectivity index (χ1) is 10.1. The van der Waals surface area contributed by atoms with E-state index in [0.29, 0.717) is 16.0 Å². The molecule has 1 N–H and O–H groups in total. The number of amides is 1. The number of aromatic nitrogens is 4. The van der Waals surface area contributed by atoms with Crippen LogP contribution in [0.25, 0.3) is 0 Å². The van der Waals surface area contributed by atoms with Gasteiger partial charge in [-0.1, -0.05) is 0 Å². The first kappa shape index (κ1) is 14.1. The van der Waals surface area contributed by atoms with Crippen LogP contribution in [0.3, 0.4) is 0 Å². The first-order valence-corrected chi connectivity index (χ1v) is 7.48. The number of nitrogens with zero attached hydrogens (tertiary/aromatic N) is 4. The normalized spacial score (nSPS) is 14.2. The Morgan fingerprint density at radius 1 is 1.57 bits per heavy atom. The smallest absolute Gasteiger partial charge is 0.277 e. The van der Waals surface area contributed by atoms with Gasteiger partial charge in [0.1, 0.15) is 4.47 Å². The molecule has 0 unspecified atom stereocenters. The molecule has 3 rings (SSSR count). The number of hydrogen-bond acceptors (Lipinski definition) is 4. The first-order valence-electron chi connectivity index (χ1n) is 6.68. The molecule has 0 aliphatic heterocycles. The molecule has 21 heavy (non-hydrogen) atoms. The minimum Gasteiger partial charge on any atom is -0.480 e. The number of nitrogens with one attached hydrogen (secondary N) is 1. The van der Waals surface area contributed by atoms with Crippen molar-refractivity contribution >= 4 is 27.5 Å². The Morgan fingerprint density at radius 2 is 2.33 bits per heavy atom. The second-order valence-electron chi connectivity index (χ2n) is 5.14. The number of methoxy groups -OCH3 is 1. The van der Waals surface area contributed by atoms with Crippen molar-refractivity contribution in [3.05, 3.63) is 22.6 Å². The van der Waals surface area contributed by atoms with Crippen LogP contribution in [0.15, 0.2) is 16.9 Å². The van der Waals surface area contributed by atoms with Crippen LogP contribution in [0, 0.1) is 5.92 Å². The van der Waals surface area contributed by atoms with Crippen molar-refractivity contribution in [2.45, 2.75) is 19.4 Å². The van der Waals surface area contributed by atoms with E-state index in [1.807, 2.05) is 10.9 Å². The lowest BCUT2D eigenvalue weighted by atomic mass is 10.4. The van der Waals surface area contributed by atoms with Crippen LogP contribution in [0.2, 0.25) is 0 Å². The Bertz CT molecular complexity index is 674. The lowest BCUT2D eigenvalue weighted by Crippen LogP contribution is -2.13. The van der Waals surface area contributed by atoms with Gasteiger partial charge in [0.2, 0.25) is 5.88 Å². The van der Waals surface area contributed by atoms with Gasteiger partial charge in [0.15, 0.2) is 5.69 Å². The molecule has 0 saturated heterocycles. The van der Waals surface area contributed by atoms with Crippen molar-refractivity contribution in [3.63, 3.8) is 0 Å². The monoisotopic (exact) mass is 353 g/mol. The third-order valence-electron chi connectivity index (χ3n) is 3.38. The molecule has 1 amide bonds. The minimum absolute atomic E-state index is 0.282. The average Bonchev–Trinajstić information content (AvgIpc) is 3.07. The topological polar surface area (TPSA) is 74.0 Å². The Morgan fingerprint density at radius 3 is 2.95 bits per heavy atom. The maximum Gasteiger partial charge on any atom is 0.277 e. The molecular weight excluding hydrogens is 338 g/mol. The number of anilines is 1. The van der Waals surface area contributed by atoms with Crippen LogP contribution in [0.5, 0.6) is 5.88 Å². The fourth-order valence-corrected chi connectivity index (χ4v) is 2.81. The zero-order valence-corrected chi connectivity index (χ0v) is 13.4. The number of halogens is 1. The summed E-state index contributed by atoms with van der Waals surface area (Å²) < 4.78 is 9.08. The van der Waals surface area contributed by atoms with Gasteiger partial charge in [0.05, 0.1) is 19.0 Å². The summed E-state index contributed by atoms with van der Waals surface area (Å²) in [6.45, 7) is 0.914. The summed E-state index contributed by atoms with van der Waals surface area (Å²) in [4.78, 5) is 12.3. The molecule has 0 aromatic carbocycles. The van der Waals surface area contributed by atoms with Gasteiger partial charge in [-0.2, -0.15) is 10.2 Å². The van der Waals surface area contributed by atoms with E-state index in [4.69, 9.17) is 4.74 Å². The number of hydrogen-bond donors (Lipinski definition) is 1.